The van der Waals surface area contributed by atoms with Gasteiger partial charge in [-0.05, 0) is 72.6 Å². The fraction of sp³-hybridized carbons (Fsp3) is 0.182. The zero-order valence-electron chi connectivity index (χ0n) is 16.2. The molecule has 0 bridgehead atoms. The zero-order valence-corrected chi connectivity index (χ0v) is 17.8. The SMILES string of the molecule is CC(C)Oc1ccc(C(=O)NNC(=O)c2ccccc2SCc2ccsc2)cc1. The molecule has 150 valence electrons. The molecule has 1 heterocycles. The van der Waals surface area contributed by atoms with Gasteiger partial charge in [0.2, 0.25) is 0 Å². The van der Waals surface area contributed by atoms with E-state index in [1.807, 2.05) is 31.4 Å². The fourth-order valence-corrected chi connectivity index (χ4v) is 4.29. The van der Waals surface area contributed by atoms with E-state index in [1.54, 1.807) is 59.5 Å². The molecule has 0 spiro atoms. The number of carbonyl (C=O) groups excluding carboxylic acids is 2. The number of amides is 2. The Balaban J connectivity index is 1.58. The van der Waals surface area contributed by atoms with Crippen LogP contribution in [0.15, 0.2) is 70.3 Å². The molecule has 2 amide bonds. The van der Waals surface area contributed by atoms with Crippen LogP contribution in [0.3, 0.4) is 0 Å². The Morgan fingerprint density at radius 1 is 1.00 bits per heavy atom. The Bertz CT molecular complexity index is 954. The number of benzene rings is 2. The molecule has 3 rings (SSSR count). The maximum absolute atomic E-state index is 12.6. The lowest BCUT2D eigenvalue weighted by atomic mass is 10.2. The number of rotatable bonds is 7. The first-order chi connectivity index (χ1) is 14.0. The number of hydrazine groups is 1. The molecule has 0 aliphatic heterocycles. The van der Waals surface area contributed by atoms with E-state index in [0.717, 1.165) is 10.6 Å². The number of thiophene rings is 1. The van der Waals surface area contributed by atoms with E-state index in [-0.39, 0.29) is 12.0 Å². The van der Waals surface area contributed by atoms with Gasteiger partial charge in [0.05, 0.1) is 11.7 Å². The predicted octanol–water partition coefficient (Wildman–Crippen LogP) is 4.90. The summed E-state index contributed by atoms with van der Waals surface area (Å²) in [6.45, 7) is 3.87. The summed E-state index contributed by atoms with van der Waals surface area (Å²) in [5.41, 5.74) is 7.13. The lowest BCUT2D eigenvalue weighted by molar-refractivity contribution is 0.0845. The van der Waals surface area contributed by atoms with Gasteiger partial charge < -0.3 is 4.74 Å². The molecule has 1 aromatic heterocycles. The van der Waals surface area contributed by atoms with Crippen LogP contribution in [0.2, 0.25) is 0 Å². The molecule has 3 aromatic rings. The number of hydrogen-bond acceptors (Lipinski definition) is 5. The quantitative estimate of drug-likeness (QED) is 0.416. The summed E-state index contributed by atoms with van der Waals surface area (Å²) in [6.07, 6.45) is 0.0617. The number of hydrogen-bond donors (Lipinski definition) is 2. The third-order valence-corrected chi connectivity index (χ3v) is 5.76. The summed E-state index contributed by atoms with van der Waals surface area (Å²) in [5, 5.41) is 4.12. The number of carbonyl (C=O) groups is 2. The van der Waals surface area contributed by atoms with E-state index < -0.39 is 5.91 Å². The van der Waals surface area contributed by atoms with Gasteiger partial charge in [-0.15, -0.1) is 11.8 Å². The van der Waals surface area contributed by atoms with Crippen LogP contribution in [-0.4, -0.2) is 17.9 Å². The van der Waals surface area contributed by atoms with Crippen LogP contribution in [0.1, 0.15) is 40.1 Å². The third kappa shape index (κ3) is 6.10. The van der Waals surface area contributed by atoms with Crippen LogP contribution in [0.4, 0.5) is 0 Å². The molecule has 0 fully saturated rings. The molecule has 7 heteroatoms. The van der Waals surface area contributed by atoms with Crippen LogP contribution >= 0.6 is 23.1 Å². The van der Waals surface area contributed by atoms with Gasteiger partial charge in [-0.25, -0.2) is 0 Å². The van der Waals surface area contributed by atoms with Crippen LogP contribution in [0.25, 0.3) is 0 Å². The second-order valence-corrected chi connectivity index (χ2v) is 8.31. The van der Waals surface area contributed by atoms with Crippen LogP contribution in [0, 0.1) is 0 Å². The van der Waals surface area contributed by atoms with Crippen LogP contribution in [-0.2, 0) is 5.75 Å². The van der Waals surface area contributed by atoms with Crippen molar-refractivity contribution >= 4 is 34.9 Å². The summed E-state index contributed by atoms with van der Waals surface area (Å²) in [4.78, 5) is 25.8. The molecule has 0 aliphatic carbocycles. The maximum Gasteiger partial charge on any atom is 0.270 e. The minimum Gasteiger partial charge on any atom is -0.491 e. The van der Waals surface area contributed by atoms with Crippen molar-refractivity contribution in [2.45, 2.75) is 30.6 Å². The lowest BCUT2D eigenvalue weighted by Crippen LogP contribution is -2.41. The molecule has 0 radical (unpaired) electrons. The summed E-state index contributed by atoms with van der Waals surface area (Å²) in [7, 11) is 0. The molecular weight excluding hydrogens is 404 g/mol. The van der Waals surface area contributed by atoms with Crippen molar-refractivity contribution in [2.75, 3.05) is 0 Å². The van der Waals surface area contributed by atoms with Crippen molar-refractivity contribution in [1.82, 2.24) is 10.9 Å². The highest BCUT2D eigenvalue weighted by Crippen LogP contribution is 2.27. The van der Waals surface area contributed by atoms with Gasteiger partial charge in [-0.1, -0.05) is 12.1 Å². The van der Waals surface area contributed by atoms with Crippen molar-refractivity contribution < 1.29 is 14.3 Å². The van der Waals surface area contributed by atoms with Gasteiger partial charge in [-0.3, -0.25) is 20.4 Å². The predicted molar refractivity (Wildman–Crippen MR) is 117 cm³/mol. The standard InChI is InChI=1S/C22H22N2O3S2/c1-15(2)27-18-9-7-17(8-10-18)21(25)23-24-22(26)19-5-3-4-6-20(19)29-14-16-11-12-28-13-16/h3-13,15H,14H2,1-2H3,(H,23,25)(H,24,26). The van der Waals surface area contributed by atoms with Crippen molar-refractivity contribution in [1.29, 1.82) is 0 Å². The monoisotopic (exact) mass is 426 g/mol. The van der Waals surface area contributed by atoms with E-state index in [1.165, 1.54) is 5.56 Å². The second-order valence-electron chi connectivity index (χ2n) is 6.52. The van der Waals surface area contributed by atoms with Crippen molar-refractivity contribution in [2.24, 2.45) is 0 Å². The highest BCUT2D eigenvalue weighted by atomic mass is 32.2. The van der Waals surface area contributed by atoms with Gasteiger partial charge in [0.1, 0.15) is 5.75 Å². The average molecular weight is 427 g/mol. The first-order valence-corrected chi connectivity index (χ1v) is 11.1. The van der Waals surface area contributed by atoms with Crippen LogP contribution in [0.5, 0.6) is 5.75 Å². The Morgan fingerprint density at radius 2 is 1.72 bits per heavy atom. The van der Waals surface area contributed by atoms with Gasteiger partial charge in [0.25, 0.3) is 11.8 Å². The Morgan fingerprint density at radius 3 is 2.41 bits per heavy atom. The largest absolute Gasteiger partial charge is 0.491 e. The molecule has 0 saturated heterocycles. The molecular formula is C22H22N2O3S2. The summed E-state index contributed by atoms with van der Waals surface area (Å²) >= 11 is 3.24. The molecule has 5 nitrogen and oxygen atoms in total. The van der Waals surface area contributed by atoms with Crippen molar-refractivity contribution in [3.63, 3.8) is 0 Å². The Labute approximate surface area is 178 Å². The number of ether oxygens (including phenoxy) is 1. The number of nitrogens with one attached hydrogen (secondary N) is 2. The van der Waals surface area contributed by atoms with Gasteiger partial charge >= 0.3 is 0 Å². The van der Waals surface area contributed by atoms with E-state index >= 15 is 0 Å². The highest BCUT2D eigenvalue weighted by Gasteiger charge is 2.13. The number of thioether (sulfide) groups is 1. The minimum absolute atomic E-state index is 0.0617. The maximum atomic E-state index is 12.6. The normalized spacial score (nSPS) is 10.6. The highest BCUT2D eigenvalue weighted by molar-refractivity contribution is 7.98. The van der Waals surface area contributed by atoms with E-state index in [0.29, 0.717) is 16.9 Å². The molecule has 0 aliphatic rings. The summed E-state index contributed by atoms with van der Waals surface area (Å²) in [6, 6.07) is 16.2. The van der Waals surface area contributed by atoms with Crippen molar-refractivity contribution in [3.8, 4) is 5.75 Å². The first-order valence-electron chi connectivity index (χ1n) is 9.13. The van der Waals surface area contributed by atoms with E-state index in [2.05, 4.69) is 22.3 Å². The molecule has 2 aromatic carbocycles. The smallest absolute Gasteiger partial charge is 0.270 e. The molecule has 2 N–H and O–H groups in total. The van der Waals surface area contributed by atoms with E-state index in [9.17, 15) is 9.59 Å². The fourth-order valence-electron chi connectivity index (χ4n) is 2.53. The van der Waals surface area contributed by atoms with Crippen molar-refractivity contribution in [3.05, 3.63) is 82.0 Å². The lowest BCUT2D eigenvalue weighted by Gasteiger charge is -2.12. The molecule has 29 heavy (non-hydrogen) atoms. The molecule has 0 atom stereocenters. The molecule has 0 unspecified atom stereocenters. The molecule has 0 saturated carbocycles. The van der Waals surface area contributed by atoms with E-state index in [4.69, 9.17) is 4.74 Å². The average Bonchev–Trinajstić information content (AvgIpc) is 3.24. The third-order valence-electron chi connectivity index (χ3n) is 3.88. The first kappa shape index (κ1) is 21.0. The zero-order chi connectivity index (χ0) is 20.6. The van der Waals surface area contributed by atoms with Gasteiger partial charge in [-0.2, -0.15) is 11.3 Å². The van der Waals surface area contributed by atoms with Gasteiger partial charge in [0.15, 0.2) is 0 Å². The Hall–Kier alpha value is -2.77. The van der Waals surface area contributed by atoms with Crippen LogP contribution < -0.4 is 15.6 Å². The summed E-state index contributed by atoms with van der Waals surface area (Å²) in [5.74, 6) is 0.729. The topological polar surface area (TPSA) is 67.4 Å². The second kappa shape index (κ2) is 10.1. The van der Waals surface area contributed by atoms with Gasteiger partial charge in [0, 0.05) is 16.2 Å². The Kier molecular flexibility index (Phi) is 7.32. The minimum atomic E-state index is -0.391. The summed E-state index contributed by atoms with van der Waals surface area (Å²) < 4.78 is 5.56.